The van der Waals surface area contributed by atoms with Crippen LogP contribution in [0.15, 0.2) is 53.2 Å². The number of halogens is 1. The number of Topliss-reactive ketones (excluding diaryl/α,β-unsaturated/α-hetero) is 1. The highest BCUT2D eigenvalue weighted by Gasteiger charge is 2.21. The number of nitrogen functional groups attached to an aromatic ring is 1. The normalized spacial score (nSPS) is 12.0. The fourth-order valence-corrected chi connectivity index (χ4v) is 4.85. The van der Waals surface area contributed by atoms with Crippen molar-refractivity contribution < 1.29 is 17.6 Å². The number of aromatic nitrogens is 1. The van der Waals surface area contributed by atoms with E-state index in [0.29, 0.717) is 23.1 Å². The monoisotopic (exact) mass is 470 g/mol. The maximum atomic E-state index is 13.6. The molecule has 0 spiro atoms. The molecule has 0 aliphatic heterocycles. The first-order valence-corrected chi connectivity index (χ1v) is 12.4. The van der Waals surface area contributed by atoms with Crippen LogP contribution >= 0.6 is 23.1 Å². The molecule has 0 radical (unpaired) electrons. The Bertz CT molecular complexity index is 1050. The number of ketones is 1. The van der Waals surface area contributed by atoms with Gasteiger partial charge in [0.2, 0.25) is 15.8 Å². The van der Waals surface area contributed by atoms with Crippen LogP contribution in [0.3, 0.4) is 0 Å². The van der Waals surface area contributed by atoms with Gasteiger partial charge in [0.1, 0.15) is 16.5 Å². The minimum atomic E-state index is -3.58. The van der Waals surface area contributed by atoms with Crippen LogP contribution < -0.4 is 15.8 Å². The van der Waals surface area contributed by atoms with Gasteiger partial charge in [-0.05, 0) is 36.9 Å². The fraction of sp³-hybridized carbons (Fsp3) is 0.263. The quantitative estimate of drug-likeness (QED) is 0.196. The number of thiazole rings is 1. The Morgan fingerprint density at radius 2 is 2.03 bits per heavy atom. The third kappa shape index (κ3) is 6.14. The molecule has 0 aliphatic rings. The van der Waals surface area contributed by atoms with Gasteiger partial charge in [0.05, 0.1) is 10.5 Å². The van der Waals surface area contributed by atoms with E-state index in [-0.39, 0.29) is 21.2 Å². The SMILES string of the molecule is C=C(C(=O)c1sc(Nc2ccc(S(=O)(=O)NCCSCC)cc2)nc1N)/C(F)=C\C. The molecule has 0 saturated carbocycles. The van der Waals surface area contributed by atoms with E-state index in [9.17, 15) is 17.6 Å². The van der Waals surface area contributed by atoms with E-state index < -0.39 is 21.6 Å². The summed E-state index contributed by atoms with van der Waals surface area (Å²) in [6.45, 7) is 7.27. The van der Waals surface area contributed by atoms with Crippen LogP contribution in [0.2, 0.25) is 0 Å². The average molecular weight is 471 g/mol. The van der Waals surface area contributed by atoms with Gasteiger partial charge in [-0.25, -0.2) is 22.5 Å². The van der Waals surface area contributed by atoms with E-state index in [4.69, 9.17) is 5.73 Å². The van der Waals surface area contributed by atoms with E-state index in [1.54, 1.807) is 23.9 Å². The summed E-state index contributed by atoms with van der Waals surface area (Å²) in [5.41, 5.74) is 6.06. The van der Waals surface area contributed by atoms with Crippen molar-refractivity contribution in [2.75, 3.05) is 29.1 Å². The second-order valence-electron chi connectivity index (χ2n) is 5.92. The van der Waals surface area contributed by atoms with Crippen molar-refractivity contribution in [1.29, 1.82) is 0 Å². The number of sulfonamides is 1. The lowest BCUT2D eigenvalue weighted by atomic mass is 10.1. The molecule has 30 heavy (non-hydrogen) atoms. The summed E-state index contributed by atoms with van der Waals surface area (Å²) in [6.07, 6.45) is 1.14. The average Bonchev–Trinajstić information content (AvgIpc) is 3.09. The summed E-state index contributed by atoms with van der Waals surface area (Å²) in [4.78, 5) is 16.6. The summed E-state index contributed by atoms with van der Waals surface area (Å²) in [5.74, 6) is 0.232. The number of benzene rings is 1. The largest absolute Gasteiger partial charge is 0.382 e. The van der Waals surface area contributed by atoms with E-state index in [1.165, 1.54) is 19.1 Å². The van der Waals surface area contributed by atoms with Crippen LogP contribution in [0.4, 0.5) is 21.0 Å². The summed E-state index contributed by atoms with van der Waals surface area (Å²) in [5, 5.41) is 3.27. The number of nitrogens with two attached hydrogens (primary N) is 1. The molecule has 0 amide bonds. The number of hydrogen-bond donors (Lipinski definition) is 3. The van der Waals surface area contributed by atoms with Gasteiger partial charge in [-0.3, -0.25) is 4.79 Å². The molecule has 0 fully saturated rings. The van der Waals surface area contributed by atoms with E-state index in [1.807, 2.05) is 6.92 Å². The maximum absolute atomic E-state index is 13.6. The standard InChI is InChI=1S/C19H23FN4O3S3/c1-4-15(20)12(3)16(25)17-18(21)24-19(29-17)23-13-6-8-14(9-7-13)30(26,27)22-10-11-28-5-2/h4,6-9,22H,3,5,10-11,21H2,1-2H3,(H,23,24)/b15-4+. The first-order chi connectivity index (χ1) is 14.2. The molecule has 11 heteroatoms. The molecule has 4 N–H and O–H groups in total. The molecule has 0 bridgehead atoms. The van der Waals surface area contributed by atoms with Crippen LogP contribution in [0.1, 0.15) is 23.5 Å². The van der Waals surface area contributed by atoms with Crippen LogP contribution in [0, 0.1) is 0 Å². The lowest BCUT2D eigenvalue weighted by Gasteiger charge is -2.08. The highest BCUT2D eigenvalue weighted by atomic mass is 32.2. The number of nitrogens with zero attached hydrogens (tertiary/aromatic N) is 1. The molecule has 1 aromatic carbocycles. The Kier molecular flexibility index (Phi) is 8.59. The third-order valence-corrected chi connectivity index (χ3v) is 7.20. The molecule has 7 nitrogen and oxygen atoms in total. The van der Waals surface area contributed by atoms with Crippen LogP contribution in [-0.4, -0.2) is 37.2 Å². The summed E-state index contributed by atoms with van der Waals surface area (Å²) >= 11 is 2.61. The van der Waals surface area contributed by atoms with Crippen molar-refractivity contribution in [1.82, 2.24) is 9.71 Å². The van der Waals surface area contributed by atoms with Gasteiger partial charge in [0, 0.05) is 18.0 Å². The molecule has 162 valence electrons. The number of carbonyl (C=O) groups excluding carboxylic acids is 1. The zero-order valence-corrected chi connectivity index (χ0v) is 19.0. The van der Waals surface area contributed by atoms with Gasteiger partial charge in [0.25, 0.3) is 0 Å². The van der Waals surface area contributed by atoms with Crippen molar-refractivity contribution in [2.24, 2.45) is 0 Å². The van der Waals surface area contributed by atoms with Gasteiger partial charge in [0.15, 0.2) is 5.13 Å². The molecule has 0 unspecified atom stereocenters. The molecule has 1 aromatic heterocycles. The predicted molar refractivity (Wildman–Crippen MR) is 123 cm³/mol. The van der Waals surface area contributed by atoms with Gasteiger partial charge in [-0.15, -0.1) is 0 Å². The zero-order valence-electron chi connectivity index (χ0n) is 16.6. The highest BCUT2D eigenvalue weighted by molar-refractivity contribution is 7.99. The summed E-state index contributed by atoms with van der Waals surface area (Å²) in [7, 11) is -3.58. The lowest BCUT2D eigenvalue weighted by molar-refractivity contribution is 0.103. The topological polar surface area (TPSA) is 114 Å². The third-order valence-electron chi connectivity index (χ3n) is 3.83. The van der Waals surface area contributed by atoms with Crippen LogP contribution in [-0.2, 0) is 10.0 Å². The molecule has 2 aromatic rings. The molecule has 0 atom stereocenters. The second-order valence-corrected chi connectivity index (χ2v) is 10.1. The fourth-order valence-electron chi connectivity index (χ4n) is 2.28. The maximum Gasteiger partial charge on any atom is 0.240 e. The number of nitrogens with one attached hydrogen (secondary N) is 2. The van der Waals surface area contributed by atoms with Gasteiger partial charge in [-0.2, -0.15) is 11.8 Å². The summed E-state index contributed by atoms with van der Waals surface area (Å²) in [6, 6.07) is 6.08. The van der Waals surface area contributed by atoms with Crippen LogP contribution in [0.5, 0.6) is 0 Å². The Morgan fingerprint density at radius 3 is 2.63 bits per heavy atom. The number of rotatable bonds is 11. The Morgan fingerprint density at radius 1 is 1.37 bits per heavy atom. The molecule has 0 aliphatic carbocycles. The Labute approximate surface area is 183 Å². The highest BCUT2D eigenvalue weighted by Crippen LogP contribution is 2.31. The van der Waals surface area contributed by atoms with Gasteiger partial charge < -0.3 is 11.1 Å². The minimum absolute atomic E-state index is 0.0362. The van der Waals surface area contributed by atoms with Gasteiger partial charge in [-0.1, -0.05) is 30.9 Å². The number of anilines is 3. The second kappa shape index (κ2) is 10.7. The van der Waals surface area contributed by atoms with Crippen molar-refractivity contribution in [2.45, 2.75) is 18.7 Å². The van der Waals surface area contributed by atoms with Crippen molar-refractivity contribution in [3.05, 3.63) is 53.2 Å². The van der Waals surface area contributed by atoms with Crippen molar-refractivity contribution >= 4 is 55.5 Å². The zero-order chi connectivity index (χ0) is 22.3. The lowest BCUT2D eigenvalue weighted by Crippen LogP contribution is -2.26. The van der Waals surface area contributed by atoms with E-state index in [2.05, 4.69) is 21.6 Å². The molecule has 1 heterocycles. The van der Waals surface area contributed by atoms with Crippen LogP contribution in [0.25, 0.3) is 0 Å². The van der Waals surface area contributed by atoms with Crippen molar-refractivity contribution in [3.8, 4) is 0 Å². The molecule has 0 saturated heterocycles. The minimum Gasteiger partial charge on any atom is -0.382 e. The number of allylic oxidation sites excluding steroid dienone is 3. The summed E-state index contributed by atoms with van der Waals surface area (Å²) < 4.78 is 40.7. The first-order valence-electron chi connectivity index (χ1n) is 8.96. The smallest absolute Gasteiger partial charge is 0.240 e. The number of carbonyl (C=O) groups is 1. The Balaban J connectivity index is 2.09. The Hall–Kier alpha value is -2.21. The number of hydrogen-bond acceptors (Lipinski definition) is 8. The number of thioether (sulfide) groups is 1. The van der Waals surface area contributed by atoms with E-state index in [0.717, 1.165) is 23.2 Å². The predicted octanol–water partition coefficient (Wildman–Crippen LogP) is 4.11. The molecular weight excluding hydrogens is 447 g/mol. The molecule has 2 rings (SSSR count). The van der Waals surface area contributed by atoms with Gasteiger partial charge >= 0.3 is 0 Å². The van der Waals surface area contributed by atoms with E-state index >= 15 is 0 Å². The van der Waals surface area contributed by atoms with Crippen molar-refractivity contribution in [3.63, 3.8) is 0 Å². The molecular formula is C19H23FN4O3S3. The first kappa shape index (κ1) is 24.1.